The molecule has 1 aromatic heterocycles. The third-order valence-corrected chi connectivity index (χ3v) is 4.80. The van der Waals surface area contributed by atoms with Crippen LogP contribution in [0.4, 0.5) is 0 Å². The lowest BCUT2D eigenvalue weighted by molar-refractivity contribution is -0.183. The van der Waals surface area contributed by atoms with Crippen LogP contribution in [0.5, 0.6) is 0 Å². The summed E-state index contributed by atoms with van der Waals surface area (Å²) in [7, 11) is 0. The summed E-state index contributed by atoms with van der Waals surface area (Å²) in [6, 6.07) is 0. The number of hydrogen-bond donors (Lipinski definition) is 0. The van der Waals surface area contributed by atoms with Gasteiger partial charge >= 0.3 is 0 Å². The van der Waals surface area contributed by atoms with Gasteiger partial charge < -0.3 is 14.4 Å². The third-order valence-electron chi connectivity index (χ3n) is 3.99. The summed E-state index contributed by atoms with van der Waals surface area (Å²) in [5.41, 5.74) is 2.51. The van der Waals surface area contributed by atoms with Crippen LogP contribution in [0.15, 0.2) is 5.51 Å². The highest BCUT2D eigenvalue weighted by Gasteiger charge is 2.43. The molecule has 116 valence electrons. The second kappa shape index (κ2) is 5.34. The molecule has 0 radical (unpaired) electrons. The zero-order valence-corrected chi connectivity index (χ0v) is 13.7. The zero-order valence-electron chi connectivity index (χ0n) is 12.8. The van der Waals surface area contributed by atoms with Crippen LogP contribution < -0.4 is 0 Å². The first-order valence-corrected chi connectivity index (χ1v) is 8.30. The lowest BCUT2D eigenvalue weighted by Gasteiger charge is -2.38. The van der Waals surface area contributed by atoms with Crippen molar-refractivity contribution in [1.29, 1.82) is 0 Å². The van der Waals surface area contributed by atoms with Crippen LogP contribution in [-0.2, 0) is 14.9 Å². The quantitative estimate of drug-likeness (QED) is 0.799. The Morgan fingerprint density at radius 2 is 2.10 bits per heavy atom. The number of carbonyl (C=O) groups is 1. The molecule has 0 unspecified atom stereocenters. The Labute approximate surface area is 129 Å². The smallest absolute Gasteiger partial charge is 0.266 e. The van der Waals surface area contributed by atoms with E-state index in [1.54, 1.807) is 5.51 Å². The van der Waals surface area contributed by atoms with Gasteiger partial charge in [0.15, 0.2) is 5.79 Å². The molecule has 0 bridgehead atoms. The van der Waals surface area contributed by atoms with Gasteiger partial charge in [0.25, 0.3) is 5.91 Å². The molecule has 1 spiro atoms. The van der Waals surface area contributed by atoms with Gasteiger partial charge in [-0.2, -0.15) is 0 Å². The van der Waals surface area contributed by atoms with E-state index in [4.69, 9.17) is 9.47 Å². The van der Waals surface area contributed by atoms with Crippen molar-refractivity contribution in [3.8, 4) is 0 Å². The number of piperidine rings is 1. The SMILES string of the molecule is CC(C)(C)c1ncsc1C(=O)N1CCCC2(C1)OCCO2. The highest BCUT2D eigenvalue weighted by molar-refractivity contribution is 7.11. The average molecular weight is 310 g/mol. The van der Waals surface area contributed by atoms with Gasteiger partial charge in [-0.25, -0.2) is 4.98 Å². The van der Waals surface area contributed by atoms with E-state index in [0.717, 1.165) is 30.0 Å². The number of likely N-dealkylation sites (tertiary alicyclic amines) is 1. The predicted molar refractivity (Wildman–Crippen MR) is 80.6 cm³/mol. The summed E-state index contributed by atoms with van der Waals surface area (Å²) in [5.74, 6) is -0.513. The van der Waals surface area contributed by atoms with Gasteiger partial charge in [0, 0.05) is 18.4 Å². The van der Waals surface area contributed by atoms with E-state index in [0.29, 0.717) is 19.8 Å². The standard InChI is InChI=1S/C15H22N2O3S/c1-14(2,3)12-11(21-10-16-12)13(18)17-6-4-5-15(9-17)19-7-8-20-15/h10H,4-9H2,1-3H3. The van der Waals surface area contributed by atoms with Crippen LogP contribution in [0.2, 0.25) is 0 Å². The summed E-state index contributed by atoms with van der Waals surface area (Å²) in [4.78, 5) is 19.9. The lowest BCUT2D eigenvalue weighted by atomic mass is 9.91. The maximum Gasteiger partial charge on any atom is 0.266 e. The predicted octanol–water partition coefficient (Wildman–Crippen LogP) is 2.42. The second-order valence-corrected chi connectivity index (χ2v) is 7.57. The highest BCUT2D eigenvalue weighted by Crippen LogP contribution is 2.33. The largest absolute Gasteiger partial charge is 0.346 e. The summed E-state index contributed by atoms with van der Waals surface area (Å²) in [5, 5.41) is 0. The fraction of sp³-hybridized carbons (Fsp3) is 0.733. The summed E-state index contributed by atoms with van der Waals surface area (Å²) in [6.07, 6.45) is 1.78. The molecule has 2 aliphatic rings. The van der Waals surface area contributed by atoms with Gasteiger partial charge in [0.2, 0.25) is 0 Å². The van der Waals surface area contributed by atoms with E-state index in [1.165, 1.54) is 11.3 Å². The topological polar surface area (TPSA) is 51.7 Å². The molecule has 0 N–H and O–H groups in total. The number of nitrogens with zero attached hydrogens (tertiary/aromatic N) is 2. The molecule has 1 amide bonds. The van der Waals surface area contributed by atoms with E-state index in [-0.39, 0.29) is 11.3 Å². The molecule has 6 heteroatoms. The van der Waals surface area contributed by atoms with Crippen molar-refractivity contribution in [2.24, 2.45) is 0 Å². The summed E-state index contributed by atoms with van der Waals surface area (Å²) < 4.78 is 11.5. The fourth-order valence-corrected chi connectivity index (χ4v) is 3.93. The summed E-state index contributed by atoms with van der Waals surface area (Å²) in [6.45, 7) is 8.77. The van der Waals surface area contributed by atoms with Crippen LogP contribution in [0, 0.1) is 0 Å². The maximum atomic E-state index is 12.9. The molecule has 5 nitrogen and oxygen atoms in total. The number of carbonyl (C=O) groups excluding carboxylic acids is 1. The maximum absolute atomic E-state index is 12.9. The molecule has 3 rings (SSSR count). The molecule has 0 aromatic carbocycles. The summed E-state index contributed by atoms with van der Waals surface area (Å²) >= 11 is 1.43. The molecular formula is C15H22N2O3S. The highest BCUT2D eigenvalue weighted by atomic mass is 32.1. The Bertz CT molecular complexity index is 529. The van der Waals surface area contributed by atoms with Crippen LogP contribution in [0.1, 0.15) is 49.0 Å². The van der Waals surface area contributed by atoms with Gasteiger partial charge in [-0.15, -0.1) is 11.3 Å². The molecule has 0 saturated carbocycles. The van der Waals surface area contributed by atoms with E-state index in [1.807, 2.05) is 4.90 Å². The lowest BCUT2D eigenvalue weighted by Crippen LogP contribution is -2.51. The van der Waals surface area contributed by atoms with E-state index >= 15 is 0 Å². The molecule has 2 saturated heterocycles. The minimum Gasteiger partial charge on any atom is -0.346 e. The third kappa shape index (κ3) is 2.84. The molecule has 0 atom stereocenters. The monoisotopic (exact) mass is 310 g/mol. The Balaban J connectivity index is 1.81. The van der Waals surface area contributed by atoms with E-state index in [9.17, 15) is 4.79 Å². The number of rotatable bonds is 1. The van der Waals surface area contributed by atoms with Crippen LogP contribution >= 0.6 is 11.3 Å². The number of amides is 1. The normalized spacial score (nSPS) is 22.0. The Morgan fingerprint density at radius 3 is 2.76 bits per heavy atom. The first-order chi connectivity index (χ1) is 9.91. The fourth-order valence-electron chi connectivity index (χ4n) is 2.97. The van der Waals surface area contributed by atoms with E-state index in [2.05, 4.69) is 25.8 Å². The van der Waals surface area contributed by atoms with Gasteiger partial charge in [-0.3, -0.25) is 4.79 Å². The molecule has 2 aliphatic heterocycles. The molecule has 0 aliphatic carbocycles. The van der Waals surface area contributed by atoms with Crippen molar-refractivity contribution in [2.45, 2.75) is 44.8 Å². The van der Waals surface area contributed by atoms with Crippen molar-refractivity contribution < 1.29 is 14.3 Å². The average Bonchev–Trinajstić information content (AvgIpc) is 3.07. The van der Waals surface area contributed by atoms with Gasteiger partial charge in [-0.05, 0) is 6.42 Å². The molecule has 1 aromatic rings. The van der Waals surface area contributed by atoms with Crippen LogP contribution in [0.3, 0.4) is 0 Å². The number of hydrogen-bond acceptors (Lipinski definition) is 5. The number of aromatic nitrogens is 1. The van der Waals surface area contributed by atoms with Gasteiger partial charge in [0.05, 0.1) is 31.0 Å². The zero-order chi connectivity index (χ0) is 15.1. The Hall–Kier alpha value is -0.980. The second-order valence-electron chi connectivity index (χ2n) is 6.72. The minimum atomic E-state index is -0.569. The molecule has 21 heavy (non-hydrogen) atoms. The van der Waals surface area contributed by atoms with Crippen molar-refractivity contribution in [2.75, 3.05) is 26.3 Å². The Kier molecular flexibility index (Phi) is 3.80. The van der Waals surface area contributed by atoms with Crippen molar-refractivity contribution in [3.05, 3.63) is 16.1 Å². The van der Waals surface area contributed by atoms with Gasteiger partial charge in [-0.1, -0.05) is 20.8 Å². The van der Waals surface area contributed by atoms with Crippen LogP contribution in [-0.4, -0.2) is 47.9 Å². The molecular weight excluding hydrogens is 288 g/mol. The first-order valence-electron chi connectivity index (χ1n) is 7.42. The van der Waals surface area contributed by atoms with Crippen molar-refractivity contribution >= 4 is 17.2 Å². The molecule has 3 heterocycles. The first kappa shape index (κ1) is 14.9. The van der Waals surface area contributed by atoms with Crippen LogP contribution in [0.25, 0.3) is 0 Å². The van der Waals surface area contributed by atoms with E-state index < -0.39 is 5.79 Å². The van der Waals surface area contributed by atoms with Gasteiger partial charge in [0.1, 0.15) is 4.88 Å². The minimum absolute atomic E-state index is 0.0561. The Morgan fingerprint density at radius 1 is 1.38 bits per heavy atom. The van der Waals surface area contributed by atoms with Crippen molar-refractivity contribution in [3.63, 3.8) is 0 Å². The number of ether oxygens (including phenoxy) is 2. The van der Waals surface area contributed by atoms with Crippen molar-refractivity contribution in [1.82, 2.24) is 9.88 Å². The molecule has 2 fully saturated rings. The number of thiazole rings is 1.